The summed E-state index contributed by atoms with van der Waals surface area (Å²) in [6.07, 6.45) is 0.989. The molecule has 1 atom stereocenters. The normalized spacial score (nSPS) is 35.8. The summed E-state index contributed by atoms with van der Waals surface area (Å²) >= 11 is 0. The SMILES string of the molecule is CN1CCNC(C)(C=O)C1. The van der Waals surface area contributed by atoms with Crippen LogP contribution in [0.3, 0.4) is 0 Å². The molecule has 1 saturated heterocycles. The van der Waals surface area contributed by atoms with Crippen molar-refractivity contribution in [1.29, 1.82) is 0 Å². The Morgan fingerprint density at radius 3 is 2.80 bits per heavy atom. The predicted molar refractivity (Wildman–Crippen MR) is 40.0 cm³/mol. The van der Waals surface area contributed by atoms with Crippen LogP contribution in [0.2, 0.25) is 0 Å². The number of nitrogens with one attached hydrogen (secondary N) is 1. The van der Waals surface area contributed by atoms with E-state index in [1.807, 2.05) is 14.0 Å². The van der Waals surface area contributed by atoms with Crippen LogP contribution in [-0.2, 0) is 4.79 Å². The Balaban J connectivity index is 2.53. The number of likely N-dealkylation sites (N-methyl/N-ethyl adjacent to an activating group) is 1. The molecule has 0 aliphatic carbocycles. The second-order valence-corrected chi connectivity index (χ2v) is 3.20. The Morgan fingerprint density at radius 1 is 1.70 bits per heavy atom. The van der Waals surface area contributed by atoms with Gasteiger partial charge >= 0.3 is 0 Å². The first-order valence-corrected chi connectivity index (χ1v) is 3.56. The Hall–Kier alpha value is -0.410. The van der Waals surface area contributed by atoms with Crippen LogP contribution in [0.25, 0.3) is 0 Å². The number of hydrogen-bond acceptors (Lipinski definition) is 3. The molecule has 0 bridgehead atoms. The first-order chi connectivity index (χ1) is 4.66. The average molecular weight is 142 g/mol. The van der Waals surface area contributed by atoms with Gasteiger partial charge in [0.2, 0.25) is 0 Å². The molecule has 1 rings (SSSR count). The van der Waals surface area contributed by atoms with Gasteiger partial charge in [0, 0.05) is 19.6 Å². The Kier molecular flexibility index (Phi) is 2.06. The molecule has 1 aliphatic heterocycles. The molecule has 10 heavy (non-hydrogen) atoms. The Bertz CT molecular complexity index is 138. The van der Waals surface area contributed by atoms with E-state index in [-0.39, 0.29) is 5.54 Å². The Morgan fingerprint density at radius 2 is 2.40 bits per heavy atom. The molecule has 0 saturated carbocycles. The van der Waals surface area contributed by atoms with Gasteiger partial charge in [0.15, 0.2) is 0 Å². The summed E-state index contributed by atoms with van der Waals surface area (Å²) in [5.74, 6) is 0. The lowest BCUT2D eigenvalue weighted by atomic mass is 10.0. The average Bonchev–Trinajstić information content (AvgIpc) is 1.88. The van der Waals surface area contributed by atoms with Crippen molar-refractivity contribution in [2.24, 2.45) is 0 Å². The minimum atomic E-state index is -0.312. The summed E-state index contributed by atoms with van der Waals surface area (Å²) in [5.41, 5.74) is -0.312. The maximum Gasteiger partial charge on any atom is 0.141 e. The van der Waals surface area contributed by atoms with E-state index in [1.54, 1.807) is 0 Å². The molecule has 1 heterocycles. The van der Waals surface area contributed by atoms with Crippen LogP contribution in [0.15, 0.2) is 0 Å². The maximum absolute atomic E-state index is 10.5. The van der Waals surface area contributed by atoms with E-state index >= 15 is 0 Å². The third kappa shape index (κ3) is 1.55. The maximum atomic E-state index is 10.5. The van der Waals surface area contributed by atoms with Gasteiger partial charge in [0.05, 0.1) is 5.54 Å². The lowest BCUT2D eigenvalue weighted by Gasteiger charge is -2.35. The van der Waals surface area contributed by atoms with Gasteiger partial charge in [-0.25, -0.2) is 0 Å². The first kappa shape index (κ1) is 7.69. The predicted octanol–water partition coefficient (Wildman–Crippen LogP) is -0.521. The molecule has 1 fully saturated rings. The van der Waals surface area contributed by atoms with E-state index in [0.29, 0.717) is 0 Å². The highest BCUT2D eigenvalue weighted by molar-refractivity contribution is 5.64. The van der Waals surface area contributed by atoms with Crippen molar-refractivity contribution in [2.75, 3.05) is 26.7 Å². The highest BCUT2D eigenvalue weighted by Gasteiger charge is 2.27. The van der Waals surface area contributed by atoms with Gasteiger partial charge in [-0.2, -0.15) is 0 Å². The molecule has 0 aromatic heterocycles. The Labute approximate surface area is 61.4 Å². The molecule has 0 spiro atoms. The van der Waals surface area contributed by atoms with E-state index in [0.717, 1.165) is 25.9 Å². The molecule has 1 N–H and O–H groups in total. The fourth-order valence-corrected chi connectivity index (χ4v) is 1.31. The number of piperazine rings is 1. The summed E-state index contributed by atoms with van der Waals surface area (Å²) in [6.45, 7) is 4.68. The summed E-state index contributed by atoms with van der Waals surface area (Å²) in [4.78, 5) is 12.7. The van der Waals surface area contributed by atoms with Crippen LogP contribution >= 0.6 is 0 Å². The highest BCUT2D eigenvalue weighted by atomic mass is 16.1. The molecule has 0 aromatic carbocycles. The van der Waals surface area contributed by atoms with Crippen molar-refractivity contribution >= 4 is 6.29 Å². The number of rotatable bonds is 1. The molecule has 3 nitrogen and oxygen atoms in total. The van der Waals surface area contributed by atoms with Crippen molar-refractivity contribution in [3.63, 3.8) is 0 Å². The molecular weight excluding hydrogens is 128 g/mol. The van der Waals surface area contributed by atoms with Crippen molar-refractivity contribution in [1.82, 2.24) is 10.2 Å². The monoisotopic (exact) mass is 142 g/mol. The highest BCUT2D eigenvalue weighted by Crippen LogP contribution is 2.05. The lowest BCUT2D eigenvalue weighted by molar-refractivity contribution is -0.114. The molecule has 0 aromatic rings. The van der Waals surface area contributed by atoms with Crippen LogP contribution in [-0.4, -0.2) is 43.4 Å². The van der Waals surface area contributed by atoms with Crippen LogP contribution < -0.4 is 5.32 Å². The summed E-state index contributed by atoms with van der Waals surface area (Å²) in [6, 6.07) is 0. The van der Waals surface area contributed by atoms with Gasteiger partial charge in [0.25, 0.3) is 0 Å². The summed E-state index contributed by atoms with van der Waals surface area (Å²) in [5, 5.41) is 3.17. The molecule has 1 unspecified atom stereocenters. The minimum absolute atomic E-state index is 0.312. The molecule has 0 radical (unpaired) electrons. The van der Waals surface area contributed by atoms with Crippen LogP contribution in [0.4, 0.5) is 0 Å². The third-order valence-electron chi connectivity index (χ3n) is 1.88. The van der Waals surface area contributed by atoms with E-state index in [9.17, 15) is 4.79 Å². The van der Waals surface area contributed by atoms with Crippen molar-refractivity contribution in [3.8, 4) is 0 Å². The number of nitrogens with zero attached hydrogens (tertiary/aromatic N) is 1. The number of carbonyl (C=O) groups is 1. The number of carbonyl (C=O) groups excluding carboxylic acids is 1. The fraction of sp³-hybridized carbons (Fsp3) is 0.857. The van der Waals surface area contributed by atoms with Gasteiger partial charge in [-0.3, -0.25) is 0 Å². The summed E-state index contributed by atoms with van der Waals surface area (Å²) < 4.78 is 0. The zero-order valence-corrected chi connectivity index (χ0v) is 6.55. The first-order valence-electron chi connectivity index (χ1n) is 3.56. The zero-order chi connectivity index (χ0) is 7.61. The second-order valence-electron chi connectivity index (χ2n) is 3.20. The third-order valence-corrected chi connectivity index (χ3v) is 1.88. The van der Waals surface area contributed by atoms with Gasteiger partial charge in [-0.05, 0) is 14.0 Å². The smallest absolute Gasteiger partial charge is 0.141 e. The van der Waals surface area contributed by atoms with E-state index in [4.69, 9.17) is 0 Å². The van der Waals surface area contributed by atoms with Crippen LogP contribution in [0.5, 0.6) is 0 Å². The van der Waals surface area contributed by atoms with E-state index < -0.39 is 0 Å². The zero-order valence-electron chi connectivity index (χ0n) is 6.55. The fourth-order valence-electron chi connectivity index (χ4n) is 1.31. The lowest BCUT2D eigenvalue weighted by Crippen LogP contribution is -2.58. The second kappa shape index (κ2) is 2.68. The quantitative estimate of drug-likeness (QED) is 0.500. The standard InChI is InChI=1S/C7H14N2O/c1-7(6-10)5-9(2)4-3-8-7/h6,8H,3-5H2,1-2H3. The topological polar surface area (TPSA) is 32.3 Å². The van der Waals surface area contributed by atoms with Crippen molar-refractivity contribution in [3.05, 3.63) is 0 Å². The number of hydrogen-bond donors (Lipinski definition) is 1. The van der Waals surface area contributed by atoms with Gasteiger partial charge in [-0.15, -0.1) is 0 Å². The number of aldehydes is 1. The van der Waals surface area contributed by atoms with Gasteiger partial charge in [-0.1, -0.05) is 0 Å². The largest absolute Gasteiger partial charge is 0.303 e. The van der Waals surface area contributed by atoms with Gasteiger partial charge in [0.1, 0.15) is 6.29 Å². The molecule has 58 valence electrons. The molecular formula is C7H14N2O. The van der Waals surface area contributed by atoms with E-state index in [2.05, 4.69) is 10.2 Å². The molecule has 1 aliphatic rings. The van der Waals surface area contributed by atoms with Crippen molar-refractivity contribution < 1.29 is 4.79 Å². The summed E-state index contributed by atoms with van der Waals surface area (Å²) in [7, 11) is 2.03. The van der Waals surface area contributed by atoms with Gasteiger partial charge < -0.3 is 15.0 Å². The van der Waals surface area contributed by atoms with E-state index in [1.165, 1.54) is 0 Å². The van der Waals surface area contributed by atoms with Crippen molar-refractivity contribution in [2.45, 2.75) is 12.5 Å². The minimum Gasteiger partial charge on any atom is -0.303 e. The molecule has 0 amide bonds. The van der Waals surface area contributed by atoms with Crippen LogP contribution in [0, 0.1) is 0 Å². The van der Waals surface area contributed by atoms with Crippen LogP contribution in [0.1, 0.15) is 6.92 Å². The molecule has 3 heteroatoms.